The molecule has 1 atom stereocenters. The molecule has 0 aromatic rings. The van der Waals surface area contributed by atoms with Crippen LogP contribution in [0.2, 0.25) is 0 Å². The van der Waals surface area contributed by atoms with Crippen LogP contribution in [0.3, 0.4) is 0 Å². The number of hydrogen-bond acceptors (Lipinski definition) is 3. The number of carbonyl (C=O) groups is 1. The van der Waals surface area contributed by atoms with Gasteiger partial charge in [0.2, 0.25) is 5.52 Å². The largest absolute Gasteiger partial charge is 0.394 e. The van der Waals surface area contributed by atoms with Gasteiger partial charge in [0.1, 0.15) is 0 Å². The summed E-state index contributed by atoms with van der Waals surface area (Å²) in [7, 11) is -8.71. The van der Waals surface area contributed by atoms with Crippen molar-refractivity contribution in [3.8, 4) is 0 Å². The van der Waals surface area contributed by atoms with Crippen LogP contribution >= 0.6 is 15.0 Å². The number of hydrogen-bond donors (Lipinski definition) is 3. The van der Waals surface area contributed by atoms with Gasteiger partial charge in [-0.05, 0) is 0 Å². The first-order chi connectivity index (χ1) is 8.05. The Morgan fingerprint density at radius 1 is 1.05 bits per heavy atom. The fraction of sp³-hybridized carbons (Fsp3) is 0.889. The lowest BCUT2D eigenvalue weighted by Gasteiger charge is -2.20. The van der Waals surface area contributed by atoms with Crippen molar-refractivity contribution in [3.63, 3.8) is 0 Å². The molecule has 0 aliphatic carbocycles. The molecule has 0 fully saturated rings. The maximum absolute atomic E-state index is 12.3. The zero-order valence-electron chi connectivity index (χ0n) is 11.4. The highest BCUT2D eigenvalue weighted by Gasteiger charge is 2.51. The normalized spacial score (nSPS) is 15.8. The third-order valence-corrected chi connectivity index (χ3v) is 4.61. The maximum Gasteiger partial charge on any atom is 0.394 e. The Morgan fingerprint density at radius 3 is 1.37 bits per heavy atom. The summed E-state index contributed by atoms with van der Waals surface area (Å²) in [6, 6.07) is 0. The van der Waals surface area contributed by atoms with Crippen molar-refractivity contribution in [2.24, 2.45) is 11.8 Å². The molecular formula is C9H20F2O6P2. The van der Waals surface area contributed by atoms with Crippen molar-refractivity contribution in [2.75, 3.05) is 6.66 Å². The summed E-state index contributed by atoms with van der Waals surface area (Å²) in [4.78, 5) is 35.5. The first kappa shape index (κ1) is 21.2. The van der Waals surface area contributed by atoms with Crippen LogP contribution in [0, 0.1) is 11.8 Å². The molecule has 0 heterocycles. The van der Waals surface area contributed by atoms with Crippen molar-refractivity contribution in [3.05, 3.63) is 0 Å². The third-order valence-electron chi connectivity index (χ3n) is 1.99. The lowest BCUT2D eigenvalue weighted by molar-refractivity contribution is -0.115. The van der Waals surface area contributed by atoms with Gasteiger partial charge in [-0.1, -0.05) is 27.7 Å². The molecule has 0 amide bonds. The number of alkyl halides is 2. The summed E-state index contributed by atoms with van der Waals surface area (Å²) < 4.78 is 45.2. The standard InChI is InChI=1S/C5H11O3P.C4H9F2O3P/c1-4(2)5(6)9(3,7)8;1-3(2)4(5,6)10(7,8)9/h4H,1-3H3,(H,7,8);3H,1-2H3,(H2,7,8,9). The molecule has 0 aliphatic heterocycles. The van der Waals surface area contributed by atoms with Crippen LogP contribution in [0.1, 0.15) is 27.7 Å². The molecule has 0 rings (SSSR count). The van der Waals surface area contributed by atoms with Crippen LogP contribution in [-0.2, 0) is 13.9 Å². The molecule has 6 nitrogen and oxygen atoms in total. The van der Waals surface area contributed by atoms with E-state index in [9.17, 15) is 22.7 Å². The van der Waals surface area contributed by atoms with E-state index in [1.165, 1.54) is 0 Å². The van der Waals surface area contributed by atoms with Gasteiger partial charge in [0, 0.05) is 18.5 Å². The Labute approximate surface area is 110 Å². The summed E-state index contributed by atoms with van der Waals surface area (Å²) in [5.41, 5.74) is -4.45. The van der Waals surface area contributed by atoms with Crippen LogP contribution in [0.4, 0.5) is 8.78 Å². The first-order valence-corrected chi connectivity index (χ1v) is 9.05. The van der Waals surface area contributed by atoms with Gasteiger partial charge in [-0.25, -0.2) is 0 Å². The highest BCUT2D eigenvalue weighted by molar-refractivity contribution is 7.74. The van der Waals surface area contributed by atoms with Crippen LogP contribution < -0.4 is 0 Å². The maximum atomic E-state index is 12.3. The first-order valence-electron chi connectivity index (χ1n) is 5.33. The van der Waals surface area contributed by atoms with Gasteiger partial charge in [-0.3, -0.25) is 13.9 Å². The van der Waals surface area contributed by atoms with Crippen LogP contribution in [0.25, 0.3) is 0 Å². The SMILES string of the molecule is CC(C)C(=O)P(C)(=O)O.CC(C)C(F)(F)P(=O)(O)O. The van der Waals surface area contributed by atoms with Gasteiger partial charge in [0.15, 0.2) is 0 Å². The molecule has 19 heavy (non-hydrogen) atoms. The van der Waals surface area contributed by atoms with E-state index < -0.39 is 32.1 Å². The second-order valence-corrected chi connectivity index (χ2v) is 8.54. The van der Waals surface area contributed by atoms with E-state index in [0.717, 1.165) is 20.5 Å². The lowest BCUT2D eigenvalue weighted by Crippen LogP contribution is -2.23. The van der Waals surface area contributed by atoms with Gasteiger partial charge >= 0.3 is 13.3 Å². The molecule has 0 radical (unpaired) electrons. The van der Waals surface area contributed by atoms with Gasteiger partial charge in [-0.2, -0.15) is 8.78 Å². The zero-order chi connectivity index (χ0) is 16.2. The van der Waals surface area contributed by atoms with Crippen molar-refractivity contribution in [1.29, 1.82) is 0 Å². The molecular weight excluding hydrogens is 304 g/mol. The van der Waals surface area contributed by atoms with Crippen molar-refractivity contribution < 1.29 is 37.4 Å². The summed E-state index contributed by atoms with van der Waals surface area (Å²) in [6.07, 6.45) is 0. The Balaban J connectivity index is 0. The fourth-order valence-corrected chi connectivity index (χ4v) is 2.45. The molecule has 10 heteroatoms. The van der Waals surface area contributed by atoms with E-state index >= 15 is 0 Å². The quantitative estimate of drug-likeness (QED) is 0.685. The highest BCUT2D eigenvalue weighted by Crippen LogP contribution is 2.56. The highest BCUT2D eigenvalue weighted by atomic mass is 31.2. The van der Waals surface area contributed by atoms with Crippen molar-refractivity contribution in [2.45, 2.75) is 33.4 Å². The van der Waals surface area contributed by atoms with E-state index in [1.54, 1.807) is 13.8 Å². The van der Waals surface area contributed by atoms with E-state index in [1.807, 2.05) is 0 Å². The molecule has 1 unspecified atom stereocenters. The number of carbonyl (C=O) groups excluding carboxylic acids is 1. The second-order valence-electron chi connectivity index (χ2n) is 4.66. The van der Waals surface area contributed by atoms with E-state index in [0.29, 0.717) is 0 Å². The monoisotopic (exact) mass is 324 g/mol. The summed E-state index contributed by atoms with van der Waals surface area (Å²) in [6.45, 7) is 6.39. The Bertz CT molecular complexity index is 396. The number of rotatable bonds is 4. The molecule has 0 aliphatic rings. The van der Waals surface area contributed by atoms with Gasteiger partial charge in [-0.15, -0.1) is 0 Å². The van der Waals surface area contributed by atoms with Crippen molar-refractivity contribution >= 4 is 20.5 Å². The summed E-state index contributed by atoms with van der Waals surface area (Å²) in [5.74, 6) is -1.68. The van der Waals surface area contributed by atoms with Gasteiger partial charge < -0.3 is 14.7 Å². The van der Waals surface area contributed by atoms with Crippen LogP contribution in [0.15, 0.2) is 0 Å². The Hall–Kier alpha value is -0.130. The lowest BCUT2D eigenvalue weighted by atomic mass is 10.2. The molecule has 0 saturated carbocycles. The molecule has 116 valence electrons. The molecule has 0 aromatic heterocycles. The van der Waals surface area contributed by atoms with Gasteiger partial charge in [0.05, 0.1) is 0 Å². The van der Waals surface area contributed by atoms with Crippen LogP contribution in [-0.4, -0.2) is 32.5 Å². The van der Waals surface area contributed by atoms with Crippen LogP contribution in [0.5, 0.6) is 0 Å². The minimum absolute atomic E-state index is 0.342. The zero-order valence-corrected chi connectivity index (χ0v) is 13.2. The van der Waals surface area contributed by atoms with Gasteiger partial charge in [0.25, 0.3) is 7.37 Å². The average Bonchev–Trinajstić information content (AvgIpc) is 2.13. The topological polar surface area (TPSA) is 112 Å². The Kier molecular flexibility index (Phi) is 7.85. The Morgan fingerprint density at radius 2 is 1.37 bits per heavy atom. The van der Waals surface area contributed by atoms with E-state index in [2.05, 4.69) is 0 Å². The third kappa shape index (κ3) is 7.28. The molecule has 0 spiro atoms. The predicted octanol–water partition coefficient (Wildman–Crippen LogP) is 2.48. The summed E-state index contributed by atoms with van der Waals surface area (Å²) >= 11 is 0. The molecule has 0 aromatic carbocycles. The average molecular weight is 324 g/mol. The molecule has 0 bridgehead atoms. The summed E-state index contributed by atoms with van der Waals surface area (Å²) in [5, 5.41) is 0. The predicted molar refractivity (Wildman–Crippen MR) is 67.4 cm³/mol. The molecule has 0 saturated heterocycles. The fourth-order valence-electron chi connectivity index (χ4n) is 0.815. The van der Waals surface area contributed by atoms with E-state index in [-0.39, 0.29) is 5.92 Å². The number of halogens is 2. The second kappa shape index (κ2) is 7.04. The smallest absolute Gasteiger partial charge is 0.339 e. The van der Waals surface area contributed by atoms with Crippen molar-refractivity contribution in [1.82, 2.24) is 0 Å². The molecule has 3 N–H and O–H groups in total. The minimum atomic E-state index is -5.26. The van der Waals surface area contributed by atoms with E-state index in [4.69, 9.17) is 14.7 Å². The minimum Gasteiger partial charge on any atom is -0.339 e.